The first kappa shape index (κ1) is 13.1. The molecule has 1 aliphatic heterocycles. The van der Waals surface area contributed by atoms with Crippen LogP contribution in [0.5, 0.6) is 0 Å². The number of nitrogens with zero attached hydrogens (tertiary/aromatic N) is 2. The number of hydrogen-bond donors (Lipinski definition) is 1. The van der Waals surface area contributed by atoms with Crippen LogP contribution in [0.1, 0.15) is 87.9 Å². The average Bonchev–Trinajstić information content (AvgIpc) is 2.67. The molecule has 1 unspecified atom stereocenters. The standard InChI is InChI=1S/C15H25N3O/c1-2-5-9-12(8-4-1)15-17-14(18-19-15)13-10-6-3-7-11-16-13/h12-13,16H,1-11H2. The molecule has 1 N–H and O–H groups in total. The van der Waals surface area contributed by atoms with E-state index in [1.54, 1.807) is 0 Å². The molecule has 4 nitrogen and oxygen atoms in total. The quantitative estimate of drug-likeness (QED) is 0.826. The Morgan fingerprint density at radius 2 is 1.63 bits per heavy atom. The molecule has 106 valence electrons. The molecule has 3 rings (SSSR count). The molecule has 0 amide bonds. The molecule has 4 heteroatoms. The molecule has 2 heterocycles. The topological polar surface area (TPSA) is 51.0 Å². The van der Waals surface area contributed by atoms with Crippen LogP contribution < -0.4 is 5.32 Å². The maximum atomic E-state index is 5.55. The predicted octanol–water partition coefficient (Wildman–Crippen LogP) is 3.71. The van der Waals surface area contributed by atoms with E-state index in [1.165, 1.54) is 57.8 Å². The highest BCUT2D eigenvalue weighted by Crippen LogP contribution is 2.31. The minimum atomic E-state index is 0.311. The predicted molar refractivity (Wildman–Crippen MR) is 74.0 cm³/mol. The fourth-order valence-corrected chi connectivity index (χ4v) is 3.33. The molecule has 1 atom stereocenters. The molecule has 1 aromatic heterocycles. The van der Waals surface area contributed by atoms with Crippen molar-refractivity contribution in [2.75, 3.05) is 6.54 Å². The van der Waals surface area contributed by atoms with Crippen LogP contribution in [0.3, 0.4) is 0 Å². The van der Waals surface area contributed by atoms with Gasteiger partial charge < -0.3 is 9.84 Å². The normalized spacial score (nSPS) is 26.8. The van der Waals surface area contributed by atoms with Crippen LogP contribution in [-0.2, 0) is 0 Å². The molecular weight excluding hydrogens is 238 g/mol. The second kappa shape index (κ2) is 6.51. The lowest BCUT2D eigenvalue weighted by atomic mass is 10.0. The van der Waals surface area contributed by atoms with Gasteiger partial charge in [-0.2, -0.15) is 4.98 Å². The second-order valence-corrected chi connectivity index (χ2v) is 6.04. The second-order valence-electron chi connectivity index (χ2n) is 6.04. The Morgan fingerprint density at radius 3 is 2.47 bits per heavy atom. The van der Waals surface area contributed by atoms with Crippen LogP contribution in [0, 0.1) is 0 Å². The average molecular weight is 263 g/mol. The Bertz CT molecular complexity index is 340. The Labute approximate surface area is 115 Å². The van der Waals surface area contributed by atoms with E-state index in [0.717, 1.165) is 24.7 Å². The van der Waals surface area contributed by atoms with E-state index >= 15 is 0 Å². The molecule has 1 aromatic rings. The Morgan fingerprint density at radius 1 is 0.895 bits per heavy atom. The van der Waals surface area contributed by atoms with Crippen molar-refractivity contribution < 1.29 is 4.52 Å². The van der Waals surface area contributed by atoms with Crippen molar-refractivity contribution in [3.8, 4) is 0 Å². The monoisotopic (exact) mass is 263 g/mol. The lowest BCUT2D eigenvalue weighted by molar-refractivity contribution is 0.332. The van der Waals surface area contributed by atoms with E-state index in [2.05, 4.69) is 10.5 Å². The van der Waals surface area contributed by atoms with Crippen LogP contribution in [0.25, 0.3) is 0 Å². The van der Waals surface area contributed by atoms with Crippen LogP contribution in [0.2, 0.25) is 0 Å². The summed E-state index contributed by atoms with van der Waals surface area (Å²) in [6, 6.07) is 0.311. The summed E-state index contributed by atoms with van der Waals surface area (Å²) in [7, 11) is 0. The van der Waals surface area contributed by atoms with E-state index in [0.29, 0.717) is 12.0 Å². The van der Waals surface area contributed by atoms with Crippen LogP contribution in [0.15, 0.2) is 4.52 Å². The van der Waals surface area contributed by atoms with Gasteiger partial charge >= 0.3 is 0 Å². The van der Waals surface area contributed by atoms with Gasteiger partial charge in [-0.05, 0) is 32.2 Å². The van der Waals surface area contributed by atoms with Crippen molar-refractivity contribution in [2.24, 2.45) is 0 Å². The van der Waals surface area contributed by atoms with Gasteiger partial charge in [0.1, 0.15) is 0 Å². The van der Waals surface area contributed by atoms with Crippen molar-refractivity contribution in [3.05, 3.63) is 11.7 Å². The van der Waals surface area contributed by atoms with E-state index < -0.39 is 0 Å². The van der Waals surface area contributed by atoms with Crippen LogP contribution in [-0.4, -0.2) is 16.7 Å². The van der Waals surface area contributed by atoms with Gasteiger partial charge in [-0.25, -0.2) is 0 Å². The smallest absolute Gasteiger partial charge is 0.229 e. The third kappa shape index (κ3) is 3.35. The van der Waals surface area contributed by atoms with Crippen molar-refractivity contribution >= 4 is 0 Å². The minimum absolute atomic E-state index is 0.311. The third-order valence-corrected chi connectivity index (χ3v) is 4.53. The fraction of sp³-hybridized carbons (Fsp3) is 0.867. The Kier molecular flexibility index (Phi) is 4.49. The van der Waals surface area contributed by atoms with E-state index in [9.17, 15) is 0 Å². The molecule has 19 heavy (non-hydrogen) atoms. The van der Waals surface area contributed by atoms with Gasteiger partial charge in [-0.15, -0.1) is 0 Å². The van der Waals surface area contributed by atoms with Crippen LogP contribution >= 0.6 is 0 Å². The summed E-state index contributed by atoms with van der Waals surface area (Å²) in [5, 5.41) is 7.78. The summed E-state index contributed by atoms with van der Waals surface area (Å²) >= 11 is 0. The molecule has 0 bridgehead atoms. The van der Waals surface area contributed by atoms with Gasteiger partial charge in [0.2, 0.25) is 5.89 Å². The molecule has 2 fully saturated rings. The fourth-order valence-electron chi connectivity index (χ4n) is 3.33. The molecule has 1 aliphatic carbocycles. The lowest BCUT2D eigenvalue weighted by Crippen LogP contribution is -2.21. The number of aromatic nitrogens is 2. The summed E-state index contributed by atoms with van der Waals surface area (Å²) in [6.07, 6.45) is 12.8. The number of nitrogens with one attached hydrogen (secondary N) is 1. The Hall–Kier alpha value is -0.900. The summed E-state index contributed by atoms with van der Waals surface area (Å²) in [5.74, 6) is 2.29. The molecular formula is C15H25N3O. The van der Waals surface area contributed by atoms with Gasteiger partial charge in [0.25, 0.3) is 0 Å². The first-order valence-corrected chi connectivity index (χ1v) is 8.00. The maximum absolute atomic E-state index is 5.55. The zero-order chi connectivity index (χ0) is 12.9. The van der Waals surface area contributed by atoms with Crippen molar-refractivity contribution in [1.29, 1.82) is 0 Å². The van der Waals surface area contributed by atoms with Gasteiger partial charge in [0.05, 0.1) is 6.04 Å². The molecule has 0 spiro atoms. The summed E-state index contributed by atoms with van der Waals surface area (Å²) in [5.41, 5.74) is 0. The molecule has 1 saturated carbocycles. The Balaban J connectivity index is 1.67. The van der Waals surface area contributed by atoms with Gasteiger partial charge in [0.15, 0.2) is 5.82 Å². The van der Waals surface area contributed by atoms with Gasteiger partial charge in [-0.3, -0.25) is 0 Å². The number of rotatable bonds is 2. The van der Waals surface area contributed by atoms with E-state index in [4.69, 9.17) is 9.51 Å². The van der Waals surface area contributed by atoms with Crippen molar-refractivity contribution in [2.45, 2.75) is 76.2 Å². The van der Waals surface area contributed by atoms with Crippen molar-refractivity contribution in [1.82, 2.24) is 15.5 Å². The highest BCUT2D eigenvalue weighted by atomic mass is 16.5. The summed E-state index contributed by atoms with van der Waals surface area (Å²) in [6.45, 7) is 1.08. The zero-order valence-electron chi connectivity index (χ0n) is 11.7. The highest BCUT2D eigenvalue weighted by molar-refractivity contribution is 4.99. The maximum Gasteiger partial charge on any atom is 0.229 e. The van der Waals surface area contributed by atoms with E-state index in [-0.39, 0.29) is 0 Å². The summed E-state index contributed by atoms with van der Waals surface area (Å²) < 4.78 is 5.55. The summed E-state index contributed by atoms with van der Waals surface area (Å²) in [4.78, 5) is 4.70. The lowest BCUT2D eigenvalue weighted by Gasteiger charge is -2.10. The third-order valence-electron chi connectivity index (χ3n) is 4.53. The van der Waals surface area contributed by atoms with Gasteiger partial charge in [0, 0.05) is 5.92 Å². The van der Waals surface area contributed by atoms with Crippen LogP contribution in [0.4, 0.5) is 0 Å². The molecule has 1 saturated heterocycles. The van der Waals surface area contributed by atoms with E-state index in [1.807, 2.05) is 0 Å². The molecule has 0 radical (unpaired) electrons. The molecule has 0 aromatic carbocycles. The first-order chi connectivity index (χ1) is 9.43. The highest BCUT2D eigenvalue weighted by Gasteiger charge is 2.24. The largest absolute Gasteiger partial charge is 0.339 e. The zero-order valence-corrected chi connectivity index (χ0v) is 11.7. The SMILES string of the molecule is C1CCCC(c2nc(C3CCCCCN3)no2)CC1. The minimum Gasteiger partial charge on any atom is -0.339 e. The van der Waals surface area contributed by atoms with Gasteiger partial charge in [-0.1, -0.05) is 43.7 Å². The first-order valence-electron chi connectivity index (χ1n) is 8.00. The molecule has 2 aliphatic rings. The van der Waals surface area contributed by atoms with Crippen molar-refractivity contribution in [3.63, 3.8) is 0 Å². The number of hydrogen-bond acceptors (Lipinski definition) is 4.